The second-order valence-corrected chi connectivity index (χ2v) is 13.6. The second-order valence-electron chi connectivity index (χ2n) is 13.6. The van der Waals surface area contributed by atoms with Crippen LogP contribution >= 0.6 is 0 Å². The van der Waals surface area contributed by atoms with Crippen molar-refractivity contribution in [1.29, 1.82) is 0 Å². The highest BCUT2D eigenvalue weighted by Crippen LogP contribution is 2.66. The van der Waals surface area contributed by atoms with Gasteiger partial charge in [0.05, 0.1) is 17.8 Å². The summed E-state index contributed by atoms with van der Waals surface area (Å²) in [4.78, 5) is 0. The van der Waals surface area contributed by atoms with Crippen LogP contribution in [0.15, 0.2) is 23.3 Å². The third-order valence-electron chi connectivity index (χ3n) is 10.8. The smallest absolute Gasteiger partial charge is 0.110 e. The van der Waals surface area contributed by atoms with Gasteiger partial charge < -0.3 is 25.2 Å². The average molecular weight is 505 g/mol. The molecule has 0 amide bonds. The molecule has 0 aliphatic heterocycles. The van der Waals surface area contributed by atoms with Crippen LogP contribution in [0.1, 0.15) is 98.8 Å². The minimum Gasteiger partial charge on any atom is -0.396 e. The van der Waals surface area contributed by atoms with E-state index in [-0.39, 0.29) is 12.0 Å². The monoisotopic (exact) mass is 504 g/mol. The molecule has 5 nitrogen and oxygen atoms in total. The first-order valence-corrected chi connectivity index (χ1v) is 14.7. The average Bonchev–Trinajstić information content (AvgIpc) is 3.16. The van der Waals surface area contributed by atoms with Gasteiger partial charge in [0.15, 0.2) is 0 Å². The number of rotatable bonds is 10. The van der Waals surface area contributed by atoms with Crippen LogP contribution in [0.4, 0.5) is 0 Å². The molecule has 0 radical (unpaired) electrons. The second kappa shape index (κ2) is 10.8. The van der Waals surface area contributed by atoms with Crippen molar-refractivity contribution < 1.29 is 25.2 Å². The van der Waals surface area contributed by atoms with E-state index in [2.05, 4.69) is 32.9 Å². The normalized spacial score (nSPS) is 41.1. The fourth-order valence-electron chi connectivity index (χ4n) is 8.72. The highest BCUT2D eigenvalue weighted by Gasteiger charge is 2.60. The maximum atomic E-state index is 11.7. The van der Waals surface area contributed by atoms with Crippen molar-refractivity contribution in [2.45, 2.75) is 123 Å². The first-order valence-electron chi connectivity index (χ1n) is 14.7. The summed E-state index contributed by atoms with van der Waals surface area (Å²) in [6.45, 7) is 11.6. The quantitative estimate of drug-likeness (QED) is 0.309. The third kappa shape index (κ3) is 5.12. The summed E-state index contributed by atoms with van der Waals surface area (Å²) >= 11 is 0. The summed E-state index contributed by atoms with van der Waals surface area (Å²) in [5.41, 5.74) is 2.00. The standard InChI is InChI=1S/C31H52O5/c1-20(9-8-15-29(2,3)35)23-12-13-24-22-11-10-21-19-26(33)27(36-18-7-6-17-32)28(34)31(21,5)25(22)14-16-30(23,24)4/h10-11,20,23-28,32-35H,6-9,12-19H2,1-5H3/t20-,23-,24+,25+,26-,27-,28+,30-,31+/m1/s1. The maximum absolute atomic E-state index is 11.7. The molecule has 0 unspecified atom stereocenters. The lowest BCUT2D eigenvalue weighted by atomic mass is 9.49. The Morgan fingerprint density at radius 1 is 1.06 bits per heavy atom. The molecule has 3 fully saturated rings. The van der Waals surface area contributed by atoms with Crippen LogP contribution in [0, 0.1) is 34.5 Å². The minimum atomic E-state index is -0.738. The SMILES string of the molecule is C[C@H](CCCC(C)(C)O)[C@H]1CC[C@H]2C3=CC=C4C[C@@H](O)[C@@H](OCCCCO)[C@H](O)[C@]4(C)[C@H]3CC[C@]12C. The molecule has 0 saturated heterocycles. The molecule has 3 saturated carbocycles. The fraction of sp³-hybridized carbons (Fsp3) is 0.871. The molecule has 9 atom stereocenters. The van der Waals surface area contributed by atoms with Gasteiger partial charge in [0.1, 0.15) is 6.10 Å². The molecule has 0 bridgehead atoms. The van der Waals surface area contributed by atoms with Gasteiger partial charge in [0.25, 0.3) is 0 Å². The minimum absolute atomic E-state index is 0.138. The van der Waals surface area contributed by atoms with Gasteiger partial charge >= 0.3 is 0 Å². The van der Waals surface area contributed by atoms with E-state index in [9.17, 15) is 15.3 Å². The van der Waals surface area contributed by atoms with Crippen LogP contribution in [-0.4, -0.2) is 57.6 Å². The lowest BCUT2D eigenvalue weighted by Crippen LogP contribution is -2.59. The molecule has 0 aromatic carbocycles. The summed E-state index contributed by atoms with van der Waals surface area (Å²) in [6.07, 6.45) is 12.4. The van der Waals surface area contributed by atoms with Crippen LogP contribution in [0.2, 0.25) is 0 Å². The van der Waals surface area contributed by atoms with Gasteiger partial charge in [-0.1, -0.05) is 56.9 Å². The number of ether oxygens (including phenoxy) is 1. The van der Waals surface area contributed by atoms with Gasteiger partial charge in [-0.15, -0.1) is 0 Å². The molecule has 4 N–H and O–H groups in total. The fourth-order valence-corrected chi connectivity index (χ4v) is 8.72. The predicted octanol–water partition coefficient (Wildman–Crippen LogP) is 5.16. The Kier molecular flexibility index (Phi) is 8.49. The molecule has 206 valence electrons. The number of aliphatic hydroxyl groups excluding tert-OH is 3. The summed E-state index contributed by atoms with van der Waals surface area (Å²) in [6, 6.07) is 0. The van der Waals surface area contributed by atoms with Crippen LogP contribution in [0.25, 0.3) is 0 Å². The Bertz CT molecular complexity index is 827. The number of allylic oxidation sites excluding steroid dienone is 3. The molecule has 0 aromatic rings. The molecular weight excluding hydrogens is 452 g/mol. The van der Waals surface area contributed by atoms with Gasteiger partial charge in [-0.2, -0.15) is 0 Å². The zero-order valence-corrected chi connectivity index (χ0v) is 23.4. The number of hydrogen-bond acceptors (Lipinski definition) is 5. The molecule has 4 aliphatic rings. The zero-order valence-electron chi connectivity index (χ0n) is 23.4. The largest absolute Gasteiger partial charge is 0.396 e. The van der Waals surface area contributed by atoms with Crippen LogP contribution in [0.3, 0.4) is 0 Å². The number of fused-ring (bicyclic) bond motifs is 5. The summed E-state index contributed by atoms with van der Waals surface area (Å²) in [7, 11) is 0. The Morgan fingerprint density at radius 2 is 1.81 bits per heavy atom. The van der Waals surface area contributed by atoms with Crippen molar-refractivity contribution in [3.8, 4) is 0 Å². The third-order valence-corrected chi connectivity index (χ3v) is 10.8. The first-order chi connectivity index (χ1) is 16.9. The Morgan fingerprint density at radius 3 is 2.50 bits per heavy atom. The molecular formula is C31H52O5. The van der Waals surface area contributed by atoms with Gasteiger partial charge in [-0.3, -0.25) is 0 Å². The Labute approximate surface area is 219 Å². The summed E-state index contributed by atoms with van der Waals surface area (Å²) < 4.78 is 6.04. The first kappa shape index (κ1) is 28.3. The van der Waals surface area contributed by atoms with E-state index in [1.54, 1.807) is 0 Å². The Hall–Kier alpha value is -0.720. The number of hydrogen-bond donors (Lipinski definition) is 4. The van der Waals surface area contributed by atoms with Crippen LogP contribution < -0.4 is 0 Å². The lowest BCUT2D eigenvalue weighted by Gasteiger charge is -2.57. The van der Waals surface area contributed by atoms with Gasteiger partial charge in [0, 0.05) is 18.6 Å². The van der Waals surface area contributed by atoms with Gasteiger partial charge in [-0.05, 0) is 94.3 Å². The molecule has 5 heteroatoms. The highest BCUT2D eigenvalue weighted by atomic mass is 16.5. The topological polar surface area (TPSA) is 90.2 Å². The molecule has 0 aromatic heterocycles. The van der Waals surface area contributed by atoms with Crippen molar-refractivity contribution in [3.05, 3.63) is 23.3 Å². The van der Waals surface area contributed by atoms with Crippen LogP contribution in [0.5, 0.6) is 0 Å². The molecule has 4 rings (SSSR count). The summed E-state index contributed by atoms with van der Waals surface area (Å²) in [5, 5.41) is 41.7. The van der Waals surface area contributed by atoms with Crippen molar-refractivity contribution in [1.82, 2.24) is 0 Å². The van der Waals surface area contributed by atoms with Crippen molar-refractivity contribution in [2.24, 2.45) is 34.5 Å². The highest BCUT2D eigenvalue weighted by molar-refractivity contribution is 5.40. The molecule has 0 heterocycles. The van der Waals surface area contributed by atoms with E-state index < -0.39 is 29.3 Å². The predicted molar refractivity (Wildman–Crippen MR) is 143 cm³/mol. The maximum Gasteiger partial charge on any atom is 0.110 e. The Balaban J connectivity index is 1.50. The van der Waals surface area contributed by atoms with E-state index >= 15 is 0 Å². The number of unbranched alkanes of at least 4 members (excludes halogenated alkanes) is 1. The summed E-state index contributed by atoms with van der Waals surface area (Å²) in [5.74, 6) is 2.20. The zero-order chi connectivity index (χ0) is 26.3. The van der Waals surface area contributed by atoms with E-state index in [0.29, 0.717) is 43.1 Å². The molecule has 36 heavy (non-hydrogen) atoms. The van der Waals surface area contributed by atoms with E-state index in [1.165, 1.54) is 36.8 Å². The van der Waals surface area contributed by atoms with Crippen LogP contribution in [-0.2, 0) is 4.74 Å². The van der Waals surface area contributed by atoms with E-state index in [1.807, 2.05) is 13.8 Å². The van der Waals surface area contributed by atoms with Gasteiger partial charge in [0.2, 0.25) is 0 Å². The number of aliphatic hydroxyl groups is 4. The van der Waals surface area contributed by atoms with E-state index in [4.69, 9.17) is 9.84 Å². The molecule has 4 aliphatic carbocycles. The van der Waals surface area contributed by atoms with Crippen molar-refractivity contribution >= 4 is 0 Å². The van der Waals surface area contributed by atoms with Crippen molar-refractivity contribution in [3.63, 3.8) is 0 Å². The molecule has 0 spiro atoms. The van der Waals surface area contributed by atoms with Crippen molar-refractivity contribution in [2.75, 3.05) is 13.2 Å². The van der Waals surface area contributed by atoms with E-state index in [0.717, 1.165) is 25.7 Å². The lowest BCUT2D eigenvalue weighted by molar-refractivity contribution is -0.162. The van der Waals surface area contributed by atoms with Gasteiger partial charge in [-0.25, -0.2) is 0 Å².